The van der Waals surface area contributed by atoms with Crippen LogP contribution in [0.2, 0.25) is 0 Å². The molecule has 1 fully saturated rings. The van der Waals surface area contributed by atoms with Crippen molar-refractivity contribution in [1.82, 2.24) is 10.1 Å². The number of aliphatic hydroxyl groups is 1. The van der Waals surface area contributed by atoms with E-state index in [4.69, 9.17) is 4.52 Å². The van der Waals surface area contributed by atoms with E-state index < -0.39 is 0 Å². The second kappa shape index (κ2) is 5.86. The summed E-state index contributed by atoms with van der Waals surface area (Å²) in [6.07, 6.45) is 2.28. The van der Waals surface area contributed by atoms with Crippen LogP contribution in [0.1, 0.15) is 18.5 Å². The molecule has 0 radical (unpaired) electrons. The topological polar surface area (TPSA) is 49.5 Å². The van der Waals surface area contributed by atoms with Crippen LogP contribution < -0.4 is 0 Å². The Kier molecular flexibility index (Phi) is 3.96. The van der Waals surface area contributed by atoms with Crippen molar-refractivity contribution in [2.75, 3.05) is 19.7 Å². The SMILES string of the molecule is OCC1CCCN(Cc2cc(-c3cccs3)on2)C1. The predicted octanol–water partition coefficient (Wildman–Crippen LogP) is 2.61. The molecule has 1 N–H and O–H groups in total. The summed E-state index contributed by atoms with van der Waals surface area (Å²) in [7, 11) is 0. The molecule has 0 aliphatic carbocycles. The molecule has 1 saturated heterocycles. The van der Waals surface area contributed by atoms with Crippen molar-refractivity contribution >= 4 is 11.3 Å². The molecular formula is C14H18N2O2S. The molecule has 0 spiro atoms. The Bertz CT molecular complexity index is 509. The number of likely N-dealkylation sites (tertiary alicyclic amines) is 1. The Morgan fingerprint density at radius 3 is 3.26 bits per heavy atom. The van der Waals surface area contributed by atoms with Crippen molar-refractivity contribution in [3.05, 3.63) is 29.3 Å². The zero-order chi connectivity index (χ0) is 13.1. The molecule has 19 heavy (non-hydrogen) atoms. The maximum Gasteiger partial charge on any atom is 0.177 e. The van der Waals surface area contributed by atoms with Crippen molar-refractivity contribution in [2.45, 2.75) is 19.4 Å². The van der Waals surface area contributed by atoms with Gasteiger partial charge in [0, 0.05) is 25.8 Å². The monoisotopic (exact) mass is 278 g/mol. The number of thiophene rings is 1. The van der Waals surface area contributed by atoms with Crippen LogP contribution in [0.4, 0.5) is 0 Å². The van der Waals surface area contributed by atoms with Crippen LogP contribution in [0.25, 0.3) is 10.6 Å². The normalized spacial score (nSPS) is 20.8. The molecule has 2 aromatic heterocycles. The number of piperidine rings is 1. The van der Waals surface area contributed by atoms with Crippen molar-refractivity contribution in [3.8, 4) is 10.6 Å². The molecule has 0 amide bonds. The lowest BCUT2D eigenvalue weighted by atomic mass is 9.99. The second-order valence-corrected chi connectivity index (χ2v) is 6.03. The van der Waals surface area contributed by atoms with E-state index in [1.165, 1.54) is 0 Å². The van der Waals surface area contributed by atoms with Gasteiger partial charge in [0.1, 0.15) is 0 Å². The van der Waals surface area contributed by atoms with E-state index in [0.29, 0.717) is 5.92 Å². The number of hydrogen-bond acceptors (Lipinski definition) is 5. The Hall–Kier alpha value is -1.17. The van der Waals surface area contributed by atoms with Gasteiger partial charge in [0.25, 0.3) is 0 Å². The zero-order valence-electron chi connectivity index (χ0n) is 10.8. The van der Waals surface area contributed by atoms with Gasteiger partial charge in [-0.3, -0.25) is 4.90 Å². The molecule has 102 valence electrons. The van der Waals surface area contributed by atoms with Crippen molar-refractivity contribution in [1.29, 1.82) is 0 Å². The highest BCUT2D eigenvalue weighted by Gasteiger charge is 2.20. The molecular weight excluding hydrogens is 260 g/mol. The molecule has 0 aromatic carbocycles. The Morgan fingerprint density at radius 1 is 1.53 bits per heavy atom. The lowest BCUT2D eigenvalue weighted by molar-refractivity contribution is 0.114. The summed E-state index contributed by atoms with van der Waals surface area (Å²) < 4.78 is 5.39. The summed E-state index contributed by atoms with van der Waals surface area (Å²) in [4.78, 5) is 3.46. The first-order valence-electron chi connectivity index (χ1n) is 6.68. The zero-order valence-corrected chi connectivity index (χ0v) is 11.6. The van der Waals surface area contributed by atoms with Gasteiger partial charge >= 0.3 is 0 Å². The summed E-state index contributed by atoms with van der Waals surface area (Å²) in [5.74, 6) is 1.26. The number of aliphatic hydroxyl groups excluding tert-OH is 1. The molecule has 1 unspecified atom stereocenters. The van der Waals surface area contributed by atoms with Gasteiger partial charge in [0.2, 0.25) is 0 Å². The maximum atomic E-state index is 9.24. The minimum absolute atomic E-state index is 0.287. The van der Waals surface area contributed by atoms with Gasteiger partial charge in [-0.25, -0.2) is 0 Å². The van der Waals surface area contributed by atoms with Crippen LogP contribution in [-0.2, 0) is 6.54 Å². The Labute approximate surface area is 116 Å². The van der Waals surface area contributed by atoms with Crippen molar-refractivity contribution in [3.63, 3.8) is 0 Å². The fraction of sp³-hybridized carbons (Fsp3) is 0.500. The molecule has 0 bridgehead atoms. The molecule has 1 aliphatic rings. The maximum absolute atomic E-state index is 9.24. The van der Waals surface area contributed by atoms with E-state index in [1.54, 1.807) is 11.3 Å². The second-order valence-electron chi connectivity index (χ2n) is 5.09. The van der Waals surface area contributed by atoms with Gasteiger partial charge in [0.15, 0.2) is 5.76 Å². The van der Waals surface area contributed by atoms with Crippen LogP contribution in [0, 0.1) is 5.92 Å². The van der Waals surface area contributed by atoms with Gasteiger partial charge in [-0.1, -0.05) is 11.2 Å². The highest BCUT2D eigenvalue weighted by Crippen LogP contribution is 2.26. The third-order valence-electron chi connectivity index (χ3n) is 3.57. The first kappa shape index (κ1) is 12.8. The van der Waals surface area contributed by atoms with Gasteiger partial charge in [-0.2, -0.15) is 0 Å². The smallest absolute Gasteiger partial charge is 0.177 e. The average Bonchev–Trinajstić information content (AvgIpc) is 3.09. The summed E-state index contributed by atoms with van der Waals surface area (Å²) in [6.45, 7) is 3.14. The third kappa shape index (κ3) is 3.05. The average molecular weight is 278 g/mol. The van der Waals surface area contributed by atoms with Gasteiger partial charge in [-0.15, -0.1) is 11.3 Å². The lowest BCUT2D eigenvalue weighted by Crippen LogP contribution is -2.36. The number of hydrogen-bond donors (Lipinski definition) is 1. The van der Waals surface area contributed by atoms with E-state index >= 15 is 0 Å². The highest BCUT2D eigenvalue weighted by atomic mass is 32.1. The van der Waals surface area contributed by atoms with E-state index in [0.717, 1.165) is 48.8 Å². The van der Waals surface area contributed by atoms with E-state index in [-0.39, 0.29) is 6.61 Å². The minimum atomic E-state index is 0.287. The molecule has 3 rings (SSSR count). The third-order valence-corrected chi connectivity index (χ3v) is 4.45. The number of aromatic nitrogens is 1. The van der Waals surface area contributed by atoms with Gasteiger partial charge in [-0.05, 0) is 36.8 Å². The van der Waals surface area contributed by atoms with E-state index in [2.05, 4.69) is 10.1 Å². The van der Waals surface area contributed by atoms with Crippen LogP contribution in [0.5, 0.6) is 0 Å². The summed E-state index contributed by atoms with van der Waals surface area (Å²) in [6, 6.07) is 6.07. The Balaban J connectivity index is 1.64. The van der Waals surface area contributed by atoms with E-state index in [1.807, 2.05) is 23.6 Å². The first-order chi connectivity index (χ1) is 9.35. The predicted molar refractivity (Wildman–Crippen MR) is 74.9 cm³/mol. The van der Waals surface area contributed by atoms with Gasteiger partial charge in [0.05, 0.1) is 10.6 Å². The number of rotatable bonds is 4. The number of nitrogens with zero attached hydrogens (tertiary/aromatic N) is 2. The molecule has 0 saturated carbocycles. The molecule has 1 aliphatic heterocycles. The molecule has 3 heterocycles. The van der Waals surface area contributed by atoms with Crippen LogP contribution in [-0.4, -0.2) is 34.9 Å². The summed E-state index contributed by atoms with van der Waals surface area (Å²) >= 11 is 1.66. The van der Waals surface area contributed by atoms with Gasteiger partial charge < -0.3 is 9.63 Å². The van der Waals surface area contributed by atoms with Crippen molar-refractivity contribution < 1.29 is 9.63 Å². The minimum Gasteiger partial charge on any atom is -0.396 e. The largest absolute Gasteiger partial charge is 0.396 e. The van der Waals surface area contributed by atoms with Crippen LogP contribution in [0.3, 0.4) is 0 Å². The molecule has 2 aromatic rings. The van der Waals surface area contributed by atoms with Crippen LogP contribution >= 0.6 is 11.3 Å². The molecule has 1 atom stereocenters. The summed E-state index contributed by atoms with van der Waals surface area (Å²) in [5.41, 5.74) is 0.974. The quantitative estimate of drug-likeness (QED) is 0.934. The fourth-order valence-electron chi connectivity index (χ4n) is 2.59. The van der Waals surface area contributed by atoms with Crippen LogP contribution in [0.15, 0.2) is 28.1 Å². The van der Waals surface area contributed by atoms with Crippen molar-refractivity contribution in [2.24, 2.45) is 5.92 Å². The molecule has 4 nitrogen and oxygen atoms in total. The lowest BCUT2D eigenvalue weighted by Gasteiger charge is -2.30. The highest BCUT2D eigenvalue weighted by molar-refractivity contribution is 7.13. The Morgan fingerprint density at radius 2 is 2.47 bits per heavy atom. The molecule has 5 heteroatoms. The first-order valence-corrected chi connectivity index (χ1v) is 7.56. The standard InChI is InChI=1S/C14H18N2O2S/c17-10-11-3-1-5-16(8-11)9-12-7-13(18-15-12)14-4-2-6-19-14/h2,4,6-7,11,17H,1,3,5,8-10H2. The van der Waals surface area contributed by atoms with E-state index in [9.17, 15) is 5.11 Å². The fourth-order valence-corrected chi connectivity index (χ4v) is 3.27. The summed E-state index contributed by atoms with van der Waals surface area (Å²) in [5, 5.41) is 15.4.